The predicted molar refractivity (Wildman–Crippen MR) is 138 cm³/mol. The Hall–Kier alpha value is -3.65. The zero-order valence-corrected chi connectivity index (χ0v) is 20.9. The smallest absolute Gasteiger partial charge is 0.234 e. The molecule has 180 valence electrons. The van der Waals surface area contributed by atoms with Crippen LogP contribution in [0.3, 0.4) is 0 Å². The maximum absolute atomic E-state index is 13.1. The minimum atomic E-state index is -0.354. The summed E-state index contributed by atoms with van der Waals surface area (Å²) in [7, 11) is 1.62. The van der Waals surface area contributed by atoms with Gasteiger partial charge in [-0.15, -0.1) is 10.2 Å². The summed E-state index contributed by atoms with van der Waals surface area (Å²) < 4.78 is 20.4. The van der Waals surface area contributed by atoms with Gasteiger partial charge in [-0.3, -0.25) is 9.36 Å². The summed E-state index contributed by atoms with van der Waals surface area (Å²) >= 11 is 1.28. The lowest BCUT2D eigenvalue weighted by Crippen LogP contribution is -2.14. The number of halogens is 1. The van der Waals surface area contributed by atoms with Crippen LogP contribution in [0.5, 0.6) is 5.75 Å². The van der Waals surface area contributed by atoms with Crippen molar-refractivity contribution in [3.8, 4) is 22.8 Å². The van der Waals surface area contributed by atoms with Crippen molar-refractivity contribution < 1.29 is 13.9 Å². The number of thioether (sulfide) groups is 1. The van der Waals surface area contributed by atoms with E-state index in [1.165, 1.54) is 41.6 Å². The van der Waals surface area contributed by atoms with E-state index in [1.54, 1.807) is 7.11 Å². The molecule has 0 saturated carbocycles. The molecule has 0 aliphatic carbocycles. The van der Waals surface area contributed by atoms with Crippen molar-refractivity contribution in [1.29, 1.82) is 0 Å². The molecule has 1 N–H and O–H groups in total. The first-order chi connectivity index (χ1) is 16.7. The molecule has 3 aromatic carbocycles. The number of anilines is 1. The van der Waals surface area contributed by atoms with E-state index in [9.17, 15) is 9.18 Å². The Labute approximate surface area is 208 Å². The average molecular weight is 491 g/mol. The maximum atomic E-state index is 13.1. The fourth-order valence-electron chi connectivity index (χ4n) is 3.49. The Kier molecular flexibility index (Phi) is 7.21. The predicted octanol–water partition coefficient (Wildman–Crippen LogP) is 6.11. The van der Waals surface area contributed by atoms with Crippen molar-refractivity contribution in [1.82, 2.24) is 14.8 Å². The zero-order valence-electron chi connectivity index (χ0n) is 20.1. The van der Waals surface area contributed by atoms with Gasteiger partial charge in [-0.2, -0.15) is 0 Å². The summed E-state index contributed by atoms with van der Waals surface area (Å²) in [6, 6.07) is 21.6. The van der Waals surface area contributed by atoms with E-state index in [2.05, 4.69) is 48.4 Å². The number of benzene rings is 3. The average Bonchev–Trinajstić information content (AvgIpc) is 3.28. The first-order valence-corrected chi connectivity index (χ1v) is 12.1. The van der Waals surface area contributed by atoms with Crippen molar-refractivity contribution in [2.75, 3.05) is 18.2 Å². The molecule has 0 bridgehead atoms. The van der Waals surface area contributed by atoms with E-state index >= 15 is 0 Å². The van der Waals surface area contributed by atoms with Gasteiger partial charge in [0.2, 0.25) is 5.91 Å². The van der Waals surface area contributed by atoms with Crippen LogP contribution in [0, 0.1) is 5.82 Å². The molecular weight excluding hydrogens is 463 g/mol. The number of carbonyl (C=O) groups excluding carboxylic acids is 1. The molecule has 1 heterocycles. The normalized spacial score (nSPS) is 11.3. The maximum Gasteiger partial charge on any atom is 0.234 e. The zero-order chi connectivity index (χ0) is 25.0. The number of hydrogen-bond acceptors (Lipinski definition) is 5. The largest absolute Gasteiger partial charge is 0.497 e. The topological polar surface area (TPSA) is 69.0 Å². The second kappa shape index (κ2) is 10.3. The van der Waals surface area contributed by atoms with Gasteiger partial charge in [-0.25, -0.2) is 4.39 Å². The highest BCUT2D eigenvalue weighted by Gasteiger charge is 2.19. The van der Waals surface area contributed by atoms with Gasteiger partial charge in [-0.05, 0) is 59.5 Å². The molecule has 0 saturated heterocycles. The van der Waals surface area contributed by atoms with Crippen LogP contribution in [0.15, 0.2) is 78.0 Å². The van der Waals surface area contributed by atoms with Crippen molar-refractivity contribution in [3.63, 3.8) is 0 Å². The van der Waals surface area contributed by atoms with E-state index < -0.39 is 0 Å². The lowest BCUT2D eigenvalue weighted by atomic mass is 9.87. The summed E-state index contributed by atoms with van der Waals surface area (Å²) in [5, 5.41) is 12.2. The fraction of sp³-hybridized carbons (Fsp3) is 0.222. The number of carbonyl (C=O) groups is 1. The molecule has 0 aliphatic rings. The van der Waals surface area contributed by atoms with Crippen LogP contribution in [-0.4, -0.2) is 33.5 Å². The highest BCUT2D eigenvalue weighted by atomic mass is 32.2. The van der Waals surface area contributed by atoms with Gasteiger partial charge < -0.3 is 10.1 Å². The van der Waals surface area contributed by atoms with Gasteiger partial charge in [0.1, 0.15) is 11.6 Å². The molecular formula is C27H27FN4O2S. The third-order valence-electron chi connectivity index (χ3n) is 5.43. The molecule has 1 aromatic heterocycles. The number of hydrogen-bond donors (Lipinski definition) is 1. The highest BCUT2D eigenvalue weighted by Crippen LogP contribution is 2.31. The van der Waals surface area contributed by atoms with E-state index in [4.69, 9.17) is 4.74 Å². The number of amides is 1. The van der Waals surface area contributed by atoms with Crippen LogP contribution in [0.1, 0.15) is 26.3 Å². The number of rotatable bonds is 7. The number of methoxy groups -OCH3 is 1. The van der Waals surface area contributed by atoms with Crippen LogP contribution in [0.2, 0.25) is 0 Å². The Bertz CT molecular complexity index is 1300. The van der Waals surface area contributed by atoms with Gasteiger partial charge in [0.15, 0.2) is 11.0 Å². The standard InChI is InChI=1S/C27H27FN4O2S/c1-27(2,3)19-7-5-18(6-8-19)25-30-31-26(32(25)22-13-15-23(34-4)16-14-22)35-17-24(33)29-21-11-9-20(28)10-12-21/h5-16H,17H2,1-4H3,(H,29,33). The molecule has 4 rings (SSSR count). The molecule has 0 fully saturated rings. The third-order valence-corrected chi connectivity index (χ3v) is 6.36. The van der Waals surface area contributed by atoms with Crippen LogP contribution in [0.4, 0.5) is 10.1 Å². The second-order valence-electron chi connectivity index (χ2n) is 9.01. The second-order valence-corrected chi connectivity index (χ2v) is 9.95. The number of nitrogens with zero attached hydrogens (tertiary/aromatic N) is 3. The number of aromatic nitrogens is 3. The van der Waals surface area contributed by atoms with Gasteiger partial charge >= 0.3 is 0 Å². The molecule has 35 heavy (non-hydrogen) atoms. The van der Waals surface area contributed by atoms with Crippen LogP contribution >= 0.6 is 11.8 Å². The monoisotopic (exact) mass is 490 g/mol. The van der Waals surface area contributed by atoms with Crippen LogP contribution in [0.25, 0.3) is 17.1 Å². The van der Waals surface area contributed by atoms with Crippen molar-refractivity contribution >= 4 is 23.4 Å². The van der Waals surface area contributed by atoms with E-state index in [1.807, 2.05) is 41.0 Å². The number of ether oxygens (including phenoxy) is 1. The van der Waals surface area contributed by atoms with Gasteiger partial charge in [0.25, 0.3) is 0 Å². The van der Waals surface area contributed by atoms with Crippen molar-refractivity contribution in [2.24, 2.45) is 0 Å². The van der Waals surface area contributed by atoms with Crippen molar-refractivity contribution in [2.45, 2.75) is 31.3 Å². The lowest BCUT2D eigenvalue weighted by molar-refractivity contribution is -0.113. The molecule has 1 amide bonds. The molecule has 0 aliphatic heterocycles. The van der Waals surface area contributed by atoms with E-state index in [0.29, 0.717) is 16.7 Å². The fourth-order valence-corrected chi connectivity index (χ4v) is 4.25. The Morgan fingerprint density at radius 1 is 0.971 bits per heavy atom. The SMILES string of the molecule is COc1ccc(-n2c(SCC(=O)Nc3ccc(F)cc3)nnc2-c2ccc(C(C)(C)C)cc2)cc1. The Morgan fingerprint density at radius 2 is 1.63 bits per heavy atom. The molecule has 0 radical (unpaired) electrons. The molecule has 0 unspecified atom stereocenters. The van der Waals surface area contributed by atoms with Gasteiger partial charge in [-0.1, -0.05) is 56.8 Å². The van der Waals surface area contributed by atoms with Gasteiger partial charge in [0, 0.05) is 16.9 Å². The van der Waals surface area contributed by atoms with Crippen LogP contribution < -0.4 is 10.1 Å². The minimum absolute atomic E-state index is 0.0427. The molecule has 8 heteroatoms. The lowest BCUT2D eigenvalue weighted by Gasteiger charge is -2.19. The summed E-state index contributed by atoms with van der Waals surface area (Å²) in [6.45, 7) is 6.52. The summed E-state index contributed by atoms with van der Waals surface area (Å²) in [6.07, 6.45) is 0. The van der Waals surface area contributed by atoms with E-state index in [0.717, 1.165) is 17.0 Å². The molecule has 4 aromatic rings. The van der Waals surface area contributed by atoms with E-state index in [-0.39, 0.29) is 22.9 Å². The molecule has 0 atom stereocenters. The molecule has 0 spiro atoms. The summed E-state index contributed by atoms with van der Waals surface area (Å²) in [5.41, 5.74) is 3.58. The number of nitrogens with one attached hydrogen (secondary N) is 1. The first kappa shape index (κ1) is 24.5. The van der Waals surface area contributed by atoms with Crippen molar-refractivity contribution in [3.05, 3.63) is 84.2 Å². The minimum Gasteiger partial charge on any atom is -0.497 e. The highest BCUT2D eigenvalue weighted by molar-refractivity contribution is 7.99. The quantitative estimate of drug-likeness (QED) is 0.317. The summed E-state index contributed by atoms with van der Waals surface area (Å²) in [5.74, 6) is 0.965. The molecule has 6 nitrogen and oxygen atoms in total. The third kappa shape index (κ3) is 5.89. The van der Waals surface area contributed by atoms with Gasteiger partial charge in [0.05, 0.1) is 12.9 Å². The summed E-state index contributed by atoms with van der Waals surface area (Å²) in [4.78, 5) is 12.5. The Balaban J connectivity index is 1.62. The Morgan fingerprint density at radius 3 is 2.23 bits per heavy atom. The first-order valence-electron chi connectivity index (χ1n) is 11.1. The van der Waals surface area contributed by atoms with Crippen LogP contribution in [-0.2, 0) is 10.2 Å².